The van der Waals surface area contributed by atoms with Gasteiger partial charge >= 0.3 is 0 Å². The summed E-state index contributed by atoms with van der Waals surface area (Å²) >= 11 is 5.96. The average Bonchev–Trinajstić information content (AvgIpc) is 3.03. The molecule has 2 aliphatic rings. The summed E-state index contributed by atoms with van der Waals surface area (Å²) in [4.78, 5) is 55.2. The first-order valence-electron chi connectivity index (χ1n) is 9.69. The Balaban J connectivity index is 1.41. The standard InChI is InChI=1S/C22H20ClN3O4/c1-14(26-21(29)17-7-2-3-8-18(17)22(26)30)19(27)24-9-11-25(12-10-24)20(28)15-5-4-6-16(23)13-15/h2-8,13-14H,9-12H2,1H3. The maximum atomic E-state index is 13.0. The van der Waals surface area contributed by atoms with Crippen molar-refractivity contribution in [1.29, 1.82) is 0 Å². The fourth-order valence-electron chi connectivity index (χ4n) is 3.87. The number of amides is 4. The quantitative estimate of drug-likeness (QED) is 0.707. The topological polar surface area (TPSA) is 78.0 Å². The molecular weight excluding hydrogens is 406 g/mol. The molecule has 1 fully saturated rings. The zero-order valence-corrected chi connectivity index (χ0v) is 17.1. The number of hydrogen-bond donors (Lipinski definition) is 0. The van der Waals surface area contributed by atoms with Crippen LogP contribution in [0.15, 0.2) is 48.5 Å². The molecule has 2 aliphatic heterocycles. The first-order valence-corrected chi connectivity index (χ1v) is 10.1. The number of imide groups is 1. The van der Waals surface area contributed by atoms with Gasteiger partial charge in [0.2, 0.25) is 5.91 Å². The molecule has 2 aromatic rings. The Morgan fingerprint density at radius 1 is 0.867 bits per heavy atom. The van der Waals surface area contributed by atoms with Crippen molar-refractivity contribution in [1.82, 2.24) is 14.7 Å². The number of piperazine rings is 1. The van der Waals surface area contributed by atoms with Crippen molar-refractivity contribution in [2.24, 2.45) is 0 Å². The summed E-state index contributed by atoms with van der Waals surface area (Å²) in [6.07, 6.45) is 0. The molecule has 4 amide bonds. The minimum Gasteiger partial charge on any atom is -0.337 e. The summed E-state index contributed by atoms with van der Waals surface area (Å²) in [5.41, 5.74) is 1.14. The molecule has 1 atom stereocenters. The summed E-state index contributed by atoms with van der Waals surface area (Å²) in [7, 11) is 0. The van der Waals surface area contributed by atoms with Gasteiger partial charge in [0.25, 0.3) is 17.7 Å². The summed E-state index contributed by atoms with van der Waals surface area (Å²) in [5.74, 6) is -1.35. The summed E-state index contributed by atoms with van der Waals surface area (Å²) < 4.78 is 0. The molecule has 0 spiro atoms. The van der Waals surface area contributed by atoms with Gasteiger partial charge in [-0.25, -0.2) is 0 Å². The SMILES string of the molecule is CC(C(=O)N1CCN(C(=O)c2cccc(Cl)c2)CC1)N1C(=O)c2ccccc2C1=O. The monoisotopic (exact) mass is 425 g/mol. The number of carbonyl (C=O) groups is 4. The van der Waals surface area contributed by atoms with Crippen LogP contribution in [0.4, 0.5) is 0 Å². The Bertz CT molecular complexity index is 1010. The lowest BCUT2D eigenvalue weighted by Crippen LogP contribution is -2.56. The Hall–Kier alpha value is -3.19. The fourth-order valence-corrected chi connectivity index (χ4v) is 4.06. The van der Waals surface area contributed by atoms with Crippen LogP contribution in [0, 0.1) is 0 Å². The van der Waals surface area contributed by atoms with Gasteiger partial charge in [-0.05, 0) is 37.3 Å². The number of fused-ring (bicyclic) bond motifs is 1. The van der Waals surface area contributed by atoms with Gasteiger partial charge < -0.3 is 9.80 Å². The number of rotatable bonds is 3. The summed E-state index contributed by atoms with van der Waals surface area (Å²) in [6.45, 7) is 2.96. The van der Waals surface area contributed by atoms with E-state index in [9.17, 15) is 19.2 Å². The van der Waals surface area contributed by atoms with E-state index < -0.39 is 17.9 Å². The highest BCUT2D eigenvalue weighted by Crippen LogP contribution is 2.25. The second-order valence-electron chi connectivity index (χ2n) is 7.33. The Labute approximate surface area is 178 Å². The molecule has 7 nitrogen and oxygen atoms in total. The van der Waals surface area contributed by atoms with E-state index in [1.54, 1.807) is 65.3 Å². The van der Waals surface area contributed by atoms with Gasteiger partial charge in [-0.15, -0.1) is 0 Å². The molecule has 0 N–H and O–H groups in total. The van der Waals surface area contributed by atoms with Crippen molar-refractivity contribution in [2.75, 3.05) is 26.2 Å². The molecule has 2 aromatic carbocycles. The third-order valence-electron chi connectivity index (χ3n) is 5.52. The second kappa shape index (κ2) is 7.91. The zero-order valence-electron chi connectivity index (χ0n) is 16.4. The van der Waals surface area contributed by atoms with Gasteiger partial charge in [-0.2, -0.15) is 0 Å². The predicted octanol–water partition coefficient (Wildman–Crippen LogP) is 2.31. The lowest BCUT2D eigenvalue weighted by Gasteiger charge is -2.37. The number of nitrogens with zero attached hydrogens (tertiary/aromatic N) is 3. The average molecular weight is 426 g/mol. The van der Waals surface area contributed by atoms with Crippen molar-refractivity contribution in [2.45, 2.75) is 13.0 Å². The van der Waals surface area contributed by atoms with Crippen molar-refractivity contribution in [3.05, 3.63) is 70.2 Å². The van der Waals surface area contributed by atoms with E-state index in [0.717, 1.165) is 4.90 Å². The number of carbonyl (C=O) groups excluding carboxylic acids is 4. The van der Waals surface area contributed by atoms with E-state index in [2.05, 4.69) is 0 Å². The molecule has 0 saturated carbocycles. The number of hydrogen-bond acceptors (Lipinski definition) is 4. The predicted molar refractivity (Wildman–Crippen MR) is 110 cm³/mol. The van der Waals surface area contributed by atoms with Gasteiger partial charge in [0.15, 0.2) is 0 Å². The molecule has 30 heavy (non-hydrogen) atoms. The highest BCUT2D eigenvalue weighted by molar-refractivity contribution is 6.31. The van der Waals surface area contributed by atoms with E-state index in [1.165, 1.54) is 0 Å². The van der Waals surface area contributed by atoms with Crippen LogP contribution in [0.1, 0.15) is 38.0 Å². The van der Waals surface area contributed by atoms with E-state index in [4.69, 9.17) is 11.6 Å². The second-order valence-corrected chi connectivity index (χ2v) is 7.77. The number of halogens is 1. The van der Waals surface area contributed by atoms with Crippen LogP contribution in [0.5, 0.6) is 0 Å². The summed E-state index contributed by atoms with van der Waals surface area (Å²) in [6, 6.07) is 12.4. The van der Waals surface area contributed by atoms with Crippen LogP contribution in [-0.2, 0) is 4.79 Å². The maximum absolute atomic E-state index is 13.0. The fraction of sp³-hybridized carbons (Fsp3) is 0.273. The largest absolute Gasteiger partial charge is 0.337 e. The van der Waals surface area contributed by atoms with Crippen molar-refractivity contribution >= 4 is 35.2 Å². The minimum atomic E-state index is -0.910. The summed E-state index contributed by atoms with van der Waals surface area (Å²) in [5, 5.41) is 0.490. The molecule has 0 aliphatic carbocycles. The molecule has 0 aromatic heterocycles. The lowest BCUT2D eigenvalue weighted by molar-refractivity contribution is -0.136. The molecule has 0 radical (unpaired) electrons. The highest BCUT2D eigenvalue weighted by atomic mass is 35.5. The highest BCUT2D eigenvalue weighted by Gasteiger charge is 2.42. The molecule has 0 bridgehead atoms. The van der Waals surface area contributed by atoms with Gasteiger partial charge in [-0.3, -0.25) is 24.1 Å². The smallest absolute Gasteiger partial charge is 0.262 e. The first kappa shape index (κ1) is 20.1. The Kier molecular flexibility index (Phi) is 5.30. The van der Waals surface area contributed by atoms with E-state index >= 15 is 0 Å². The van der Waals surface area contributed by atoms with Crippen LogP contribution in [0.25, 0.3) is 0 Å². The van der Waals surface area contributed by atoms with E-state index in [-0.39, 0.29) is 11.8 Å². The Morgan fingerprint density at radius 3 is 2.00 bits per heavy atom. The van der Waals surface area contributed by atoms with Crippen LogP contribution in [0.3, 0.4) is 0 Å². The molecule has 1 unspecified atom stereocenters. The third kappa shape index (κ3) is 3.45. The van der Waals surface area contributed by atoms with Crippen LogP contribution < -0.4 is 0 Å². The van der Waals surface area contributed by atoms with Crippen LogP contribution >= 0.6 is 11.6 Å². The molecule has 1 saturated heterocycles. The first-order chi connectivity index (χ1) is 14.4. The third-order valence-corrected chi connectivity index (χ3v) is 5.76. The molecule has 154 valence electrons. The van der Waals surface area contributed by atoms with Crippen molar-refractivity contribution in [3.8, 4) is 0 Å². The molecule has 8 heteroatoms. The van der Waals surface area contributed by atoms with Crippen molar-refractivity contribution < 1.29 is 19.2 Å². The van der Waals surface area contributed by atoms with Crippen LogP contribution in [0.2, 0.25) is 5.02 Å². The zero-order chi connectivity index (χ0) is 21.4. The van der Waals surface area contributed by atoms with Gasteiger partial charge in [-0.1, -0.05) is 29.8 Å². The molecular formula is C22H20ClN3O4. The van der Waals surface area contributed by atoms with Crippen LogP contribution in [-0.4, -0.2) is 70.5 Å². The molecule has 2 heterocycles. The van der Waals surface area contributed by atoms with Crippen molar-refractivity contribution in [3.63, 3.8) is 0 Å². The normalized spacial score (nSPS) is 17.2. The maximum Gasteiger partial charge on any atom is 0.262 e. The minimum absolute atomic E-state index is 0.141. The van der Waals surface area contributed by atoms with E-state index in [1.807, 2.05) is 0 Å². The van der Waals surface area contributed by atoms with Gasteiger partial charge in [0.05, 0.1) is 11.1 Å². The number of benzene rings is 2. The van der Waals surface area contributed by atoms with E-state index in [0.29, 0.717) is 47.9 Å². The Morgan fingerprint density at radius 2 is 1.43 bits per heavy atom. The lowest BCUT2D eigenvalue weighted by atomic mass is 10.1. The van der Waals surface area contributed by atoms with Gasteiger partial charge in [0, 0.05) is 36.8 Å². The van der Waals surface area contributed by atoms with Gasteiger partial charge in [0.1, 0.15) is 6.04 Å². The molecule has 4 rings (SSSR count).